The summed E-state index contributed by atoms with van der Waals surface area (Å²) in [5, 5.41) is 0. The maximum absolute atomic E-state index is 13.7. The van der Waals surface area contributed by atoms with E-state index in [1.165, 1.54) is 16.0 Å². The Morgan fingerprint density at radius 2 is 1.67 bits per heavy atom. The predicted molar refractivity (Wildman–Crippen MR) is 129 cm³/mol. The highest BCUT2D eigenvalue weighted by Crippen LogP contribution is 2.38. The Morgan fingerprint density at radius 1 is 0.879 bits per heavy atom. The smallest absolute Gasteiger partial charge is 0.278 e. The number of aryl methyl sites for hydroxylation is 2. The molecule has 0 aromatic heterocycles. The molecule has 3 aliphatic rings. The maximum atomic E-state index is 13.7. The molecule has 6 heteroatoms. The van der Waals surface area contributed by atoms with Crippen LogP contribution in [0.4, 0.5) is 5.69 Å². The molecule has 0 bridgehead atoms. The minimum atomic E-state index is -0.176. The number of carbonyl (C=O) groups excluding carboxylic acids is 2. The largest absolute Gasteiger partial charge is 0.379 e. The van der Waals surface area contributed by atoms with Gasteiger partial charge in [0, 0.05) is 38.4 Å². The zero-order valence-electron chi connectivity index (χ0n) is 19.5. The monoisotopic (exact) mass is 445 g/mol. The van der Waals surface area contributed by atoms with E-state index in [0.29, 0.717) is 24.4 Å². The molecule has 5 rings (SSSR count). The van der Waals surface area contributed by atoms with Crippen LogP contribution in [-0.2, 0) is 20.7 Å². The third kappa shape index (κ3) is 4.09. The number of amides is 2. The summed E-state index contributed by atoms with van der Waals surface area (Å²) < 4.78 is 5.42. The number of anilines is 1. The summed E-state index contributed by atoms with van der Waals surface area (Å²) in [6.07, 6.45) is 1.64. The average Bonchev–Trinajstić information content (AvgIpc) is 3.35. The lowest BCUT2D eigenvalue weighted by Crippen LogP contribution is -2.40. The van der Waals surface area contributed by atoms with Gasteiger partial charge in [-0.05, 0) is 55.0 Å². The van der Waals surface area contributed by atoms with Gasteiger partial charge in [0.1, 0.15) is 5.70 Å². The van der Waals surface area contributed by atoms with Gasteiger partial charge >= 0.3 is 0 Å². The molecule has 33 heavy (non-hydrogen) atoms. The molecule has 1 fully saturated rings. The van der Waals surface area contributed by atoms with Crippen LogP contribution in [0.5, 0.6) is 0 Å². The van der Waals surface area contributed by atoms with Gasteiger partial charge in [-0.3, -0.25) is 19.4 Å². The molecule has 0 N–H and O–H groups in total. The second kappa shape index (κ2) is 9.12. The van der Waals surface area contributed by atoms with Crippen molar-refractivity contribution in [2.75, 3.05) is 50.8 Å². The van der Waals surface area contributed by atoms with Crippen molar-refractivity contribution < 1.29 is 14.3 Å². The number of rotatable bonds is 6. The van der Waals surface area contributed by atoms with Crippen LogP contribution in [-0.4, -0.2) is 67.6 Å². The minimum absolute atomic E-state index is 0.174. The third-order valence-electron chi connectivity index (χ3n) is 7.06. The lowest BCUT2D eigenvalue weighted by molar-refractivity contribution is -0.137. The summed E-state index contributed by atoms with van der Waals surface area (Å²) >= 11 is 0. The molecule has 2 aromatic carbocycles. The fourth-order valence-electron chi connectivity index (χ4n) is 5.02. The van der Waals surface area contributed by atoms with Crippen molar-refractivity contribution in [1.29, 1.82) is 0 Å². The molecule has 0 radical (unpaired) electrons. The van der Waals surface area contributed by atoms with Crippen LogP contribution in [0.25, 0.3) is 5.57 Å². The summed E-state index contributed by atoms with van der Waals surface area (Å²) in [7, 11) is 0. The number of hydrogen-bond donors (Lipinski definition) is 0. The van der Waals surface area contributed by atoms with Gasteiger partial charge in [0.25, 0.3) is 11.8 Å². The van der Waals surface area contributed by atoms with Gasteiger partial charge < -0.3 is 9.64 Å². The molecule has 3 aliphatic heterocycles. The van der Waals surface area contributed by atoms with Crippen molar-refractivity contribution >= 4 is 23.1 Å². The fraction of sp³-hybridized carbons (Fsp3) is 0.407. The molecule has 1 saturated heterocycles. The van der Waals surface area contributed by atoms with E-state index in [2.05, 4.69) is 22.8 Å². The quantitative estimate of drug-likeness (QED) is 0.640. The Hall–Kier alpha value is -2.96. The number of para-hydroxylation sites is 1. The number of benzene rings is 2. The number of fused-ring (bicyclic) bond motifs is 1. The summed E-state index contributed by atoms with van der Waals surface area (Å²) in [6, 6.07) is 14.2. The van der Waals surface area contributed by atoms with Gasteiger partial charge in [0.05, 0.1) is 18.8 Å². The Kier molecular flexibility index (Phi) is 6.04. The van der Waals surface area contributed by atoms with Crippen LogP contribution in [0.1, 0.15) is 28.7 Å². The first-order valence-electron chi connectivity index (χ1n) is 11.9. The van der Waals surface area contributed by atoms with E-state index < -0.39 is 0 Å². The van der Waals surface area contributed by atoms with E-state index >= 15 is 0 Å². The highest BCUT2D eigenvalue weighted by molar-refractivity contribution is 6.36. The SMILES string of the molecule is Cc1ccc(C2=C(N3CCc4ccccc43)C(=O)N(CCCN3CCOCC3)C2=O)cc1C. The summed E-state index contributed by atoms with van der Waals surface area (Å²) in [4.78, 5) is 33.2. The Balaban J connectivity index is 1.46. The van der Waals surface area contributed by atoms with Crippen molar-refractivity contribution in [3.63, 3.8) is 0 Å². The number of carbonyl (C=O) groups is 2. The van der Waals surface area contributed by atoms with Gasteiger partial charge in [-0.25, -0.2) is 0 Å². The molecule has 0 aliphatic carbocycles. The standard InChI is InChI=1S/C27H31N3O3/c1-19-8-9-22(18-20(19)2)24-25(29-13-10-21-6-3-4-7-23(21)29)27(32)30(26(24)31)12-5-11-28-14-16-33-17-15-28/h3-4,6-9,18H,5,10-17H2,1-2H3. The first-order valence-corrected chi connectivity index (χ1v) is 11.9. The first-order chi connectivity index (χ1) is 16.0. The highest BCUT2D eigenvalue weighted by atomic mass is 16.5. The van der Waals surface area contributed by atoms with Crippen LogP contribution in [0.2, 0.25) is 0 Å². The normalized spacial score (nSPS) is 19.1. The van der Waals surface area contributed by atoms with Gasteiger partial charge in [-0.15, -0.1) is 0 Å². The first kappa shape index (κ1) is 21.9. The summed E-state index contributed by atoms with van der Waals surface area (Å²) in [6.45, 7) is 9.42. The maximum Gasteiger partial charge on any atom is 0.278 e. The molecule has 0 spiro atoms. The van der Waals surface area contributed by atoms with Gasteiger partial charge in [0.2, 0.25) is 0 Å². The molecular weight excluding hydrogens is 414 g/mol. The Morgan fingerprint density at radius 3 is 2.45 bits per heavy atom. The second-order valence-corrected chi connectivity index (χ2v) is 9.12. The molecule has 0 unspecified atom stereocenters. The molecule has 6 nitrogen and oxygen atoms in total. The average molecular weight is 446 g/mol. The van der Waals surface area contributed by atoms with E-state index in [4.69, 9.17) is 4.74 Å². The molecule has 3 heterocycles. The molecule has 2 amide bonds. The third-order valence-corrected chi connectivity index (χ3v) is 7.06. The van der Waals surface area contributed by atoms with E-state index in [1.54, 1.807) is 0 Å². The van der Waals surface area contributed by atoms with E-state index in [1.807, 2.05) is 43.3 Å². The number of ether oxygens (including phenoxy) is 1. The predicted octanol–water partition coefficient (Wildman–Crippen LogP) is 3.17. The van der Waals surface area contributed by atoms with Crippen LogP contribution in [0.15, 0.2) is 48.2 Å². The zero-order chi connectivity index (χ0) is 22.9. The number of nitrogens with zero attached hydrogens (tertiary/aromatic N) is 3. The van der Waals surface area contributed by atoms with Gasteiger partial charge in [-0.2, -0.15) is 0 Å². The van der Waals surface area contributed by atoms with Crippen molar-refractivity contribution in [2.45, 2.75) is 26.7 Å². The fourth-order valence-corrected chi connectivity index (χ4v) is 5.02. The zero-order valence-corrected chi connectivity index (χ0v) is 19.5. The Labute approximate surface area is 195 Å². The molecular formula is C27H31N3O3. The second-order valence-electron chi connectivity index (χ2n) is 9.12. The highest BCUT2D eigenvalue weighted by Gasteiger charge is 2.43. The minimum Gasteiger partial charge on any atom is -0.379 e. The van der Waals surface area contributed by atoms with Crippen molar-refractivity contribution in [2.24, 2.45) is 0 Å². The molecule has 0 saturated carbocycles. The van der Waals surface area contributed by atoms with Crippen LogP contribution in [0, 0.1) is 13.8 Å². The summed E-state index contributed by atoms with van der Waals surface area (Å²) in [5.74, 6) is -0.350. The number of morpholine rings is 1. The number of hydrogen-bond acceptors (Lipinski definition) is 5. The molecule has 2 aromatic rings. The van der Waals surface area contributed by atoms with Crippen molar-refractivity contribution in [1.82, 2.24) is 9.80 Å². The van der Waals surface area contributed by atoms with Crippen molar-refractivity contribution in [3.05, 3.63) is 70.4 Å². The van der Waals surface area contributed by atoms with Crippen LogP contribution >= 0.6 is 0 Å². The van der Waals surface area contributed by atoms with Crippen LogP contribution < -0.4 is 4.90 Å². The Bertz CT molecular complexity index is 1120. The van der Waals surface area contributed by atoms with Gasteiger partial charge in [0.15, 0.2) is 0 Å². The molecule has 0 atom stereocenters. The lowest BCUT2D eigenvalue weighted by Gasteiger charge is -2.27. The van der Waals surface area contributed by atoms with Crippen LogP contribution in [0.3, 0.4) is 0 Å². The molecule has 172 valence electrons. The lowest BCUT2D eigenvalue weighted by atomic mass is 9.99. The topological polar surface area (TPSA) is 53.1 Å². The summed E-state index contributed by atoms with van der Waals surface area (Å²) in [5.41, 5.74) is 6.43. The van der Waals surface area contributed by atoms with Gasteiger partial charge in [-0.1, -0.05) is 36.4 Å². The van der Waals surface area contributed by atoms with E-state index in [9.17, 15) is 9.59 Å². The number of imide groups is 1. The van der Waals surface area contributed by atoms with E-state index in [-0.39, 0.29) is 11.8 Å². The van der Waals surface area contributed by atoms with E-state index in [0.717, 1.165) is 62.5 Å². The van der Waals surface area contributed by atoms with Crippen molar-refractivity contribution in [3.8, 4) is 0 Å².